The van der Waals surface area contributed by atoms with E-state index in [2.05, 4.69) is 5.32 Å². The third kappa shape index (κ3) is 9.92. The highest BCUT2D eigenvalue weighted by molar-refractivity contribution is 5.98. The number of halogens is 2. The minimum Gasteiger partial charge on any atom is -0.489 e. The average molecular weight is 636 g/mol. The van der Waals surface area contributed by atoms with Crippen molar-refractivity contribution in [2.45, 2.75) is 59.9 Å². The molecule has 1 unspecified atom stereocenters. The Morgan fingerprint density at radius 3 is 2.11 bits per heavy atom. The molecule has 3 aromatic rings. The number of nitrogens with one attached hydrogen (secondary N) is 1. The number of rotatable bonds is 11. The van der Waals surface area contributed by atoms with Crippen molar-refractivity contribution in [3.05, 3.63) is 107 Å². The van der Waals surface area contributed by atoms with Gasteiger partial charge in [-0.2, -0.15) is 0 Å². The molecule has 0 saturated carbocycles. The lowest BCUT2D eigenvalue weighted by atomic mass is 9.96. The van der Waals surface area contributed by atoms with Crippen LogP contribution in [0.3, 0.4) is 0 Å². The Kier molecular flexibility index (Phi) is 13.8. The Morgan fingerprint density at radius 2 is 1.48 bits per heavy atom. The Bertz CT molecular complexity index is 1530. The molecule has 2 aliphatic heterocycles. The smallest absolute Gasteiger partial charge is 0.251 e. The van der Waals surface area contributed by atoms with Crippen molar-refractivity contribution in [3.8, 4) is 23.0 Å². The summed E-state index contributed by atoms with van der Waals surface area (Å²) in [6.07, 6.45) is 3.46. The first kappa shape index (κ1) is 35.8. The van der Waals surface area contributed by atoms with Gasteiger partial charge in [0.1, 0.15) is 37.9 Å². The quantitative estimate of drug-likeness (QED) is 0.214. The van der Waals surface area contributed by atoms with Gasteiger partial charge in [-0.15, -0.1) is 0 Å². The van der Waals surface area contributed by atoms with Crippen LogP contribution in [0.1, 0.15) is 72.9 Å². The Hall–Kier alpha value is -4.66. The third-order valence-corrected chi connectivity index (χ3v) is 7.44. The van der Waals surface area contributed by atoms with Gasteiger partial charge in [0, 0.05) is 23.6 Å². The molecule has 46 heavy (non-hydrogen) atoms. The van der Waals surface area contributed by atoms with Gasteiger partial charge < -0.3 is 24.3 Å². The SMILES string of the molecule is C.CCC(=CF)COc1ccc(C(=O)Cc2ccc3c(c2)OCCO3)cc1.CCC(=CF)COc1ccc2c(c1)CC(C)NC2=O. The molecule has 0 saturated heterocycles. The molecule has 1 amide bonds. The number of Topliss-reactive ketones (excluding diaryl/α,β-unsaturated/α-hetero) is 1. The van der Waals surface area contributed by atoms with E-state index in [1.54, 1.807) is 36.4 Å². The van der Waals surface area contributed by atoms with Gasteiger partial charge in [0.05, 0.1) is 12.7 Å². The summed E-state index contributed by atoms with van der Waals surface area (Å²) in [5, 5.41) is 2.88. The molecule has 0 aromatic heterocycles. The van der Waals surface area contributed by atoms with Crippen LogP contribution in [0.5, 0.6) is 23.0 Å². The zero-order chi connectivity index (χ0) is 32.2. The average Bonchev–Trinajstić information content (AvgIpc) is 3.06. The standard InChI is InChI=1S/C21H21FO4.C15H18FNO2.CH4/c1-2-15(13-22)14-26-18-6-4-17(5-7-18)19(23)11-16-3-8-20-21(12-16)25-10-9-24-20;1-3-11(8-16)9-19-13-4-5-14-12(7-13)6-10(2)17-15(14)18;/h3-8,12-13H,2,9-11,14H2,1H3;4-5,7-8,10H,3,6,9H2,1-2H3,(H,17,18);1H4. The molecule has 246 valence electrons. The minimum absolute atomic E-state index is 0. The first-order chi connectivity index (χ1) is 21.8. The van der Waals surface area contributed by atoms with Gasteiger partial charge in [-0.25, -0.2) is 8.78 Å². The number of fused-ring (bicyclic) bond motifs is 2. The number of amides is 1. The van der Waals surface area contributed by atoms with Crippen molar-refractivity contribution in [3.63, 3.8) is 0 Å². The number of carbonyl (C=O) groups is 2. The topological polar surface area (TPSA) is 83.1 Å². The second kappa shape index (κ2) is 17.7. The first-order valence-electron chi connectivity index (χ1n) is 15.1. The van der Waals surface area contributed by atoms with Crippen molar-refractivity contribution in [1.82, 2.24) is 5.32 Å². The van der Waals surface area contributed by atoms with Gasteiger partial charge >= 0.3 is 0 Å². The van der Waals surface area contributed by atoms with Crippen LogP contribution < -0.4 is 24.3 Å². The van der Waals surface area contributed by atoms with Crippen molar-refractivity contribution >= 4 is 11.7 Å². The van der Waals surface area contributed by atoms with Crippen LogP contribution in [-0.2, 0) is 12.8 Å². The van der Waals surface area contributed by atoms with Crippen molar-refractivity contribution in [2.75, 3.05) is 26.4 Å². The van der Waals surface area contributed by atoms with E-state index in [0.717, 1.165) is 17.5 Å². The van der Waals surface area contributed by atoms with E-state index in [0.29, 0.717) is 84.0 Å². The van der Waals surface area contributed by atoms with Crippen LogP contribution in [0.2, 0.25) is 0 Å². The fourth-order valence-corrected chi connectivity index (χ4v) is 4.73. The van der Waals surface area contributed by atoms with Gasteiger partial charge in [-0.3, -0.25) is 9.59 Å². The second-order valence-corrected chi connectivity index (χ2v) is 10.8. The molecule has 0 fully saturated rings. The molecule has 2 aliphatic rings. The molecule has 7 nitrogen and oxygen atoms in total. The lowest BCUT2D eigenvalue weighted by Crippen LogP contribution is -2.39. The van der Waals surface area contributed by atoms with E-state index in [1.165, 1.54) is 0 Å². The molecular weight excluding hydrogens is 592 g/mol. The number of ether oxygens (including phenoxy) is 4. The number of hydrogen-bond acceptors (Lipinski definition) is 6. The predicted molar refractivity (Wildman–Crippen MR) is 176 cm³/mol. The van der Waals surface area contributed by atoms with Gasteiger partial charge in [0.2, 0.25) is 0 Å². The largest absolute Gasteiger partial charge is 0.489 e. The van der Waals surface area contributed by atoms with Crippen molar-refractivity contribution in [1.29, 1.82) is 0 Å². The summed E-state index contributed by atoms with van der Waals surface area (Å²) in [6, 6.07) is 18.0. The molecule has 0 spiro atoms. The van der Waals surface area contributed by atoms with Crippen molar-refractivity contribution < 1.29 is 37.3 Å². The summed E-state index contributed by atoms with van der Waals surface area (Å²) >= 11 is 0. The van der Waals surface area contributed by atoms with E-state index in [9.17, 15) is 18.4 Å². The van der Waals surface area contributed by atoms with E-state index < -0.39 is 0 Å². The fraction of sp³-hybridized carbons (Fsp3) is 0.351. The summed E-state index contributed by atoms with van der Waals surface area (Å²) in [5.74, 6) is 2.63. The van der Waals surface area contributed by atoms with E-state index in [1.807, 2.05) is 45.0 Å². The summed E-state index contributed by atoms with van der Waals surface area (Å²) < 4.78 is 47.1. The van der Waals surface area contributed by atoms with Gasteiger partial charge in [-0.05, 0) is 103 Å². The maximum atomic E-state index is 12.5. The Morgan fingerprint density at radius 1 is 0.870 bits per heavy atom. The lowest BCUT2D eigenvalue weighted by Gasteiger charge is -2.23. The maximum Gasteiger partial charge on any atom is 0.251 e. The van der Waals surface area contributed by atoms with Gasteiger partial charge in [0.25, 0.3) is 5.91 Å². The van der Waals surface area contributed by atoms with E-state index in [4.69, 9.17) is 18.9 Å². The Labute approximate surface area is 270 Å². The zero-order valence-corrected chi connectivity index (χ0v) is 25.9. The molecule has 3 aromatic carbocycles. The fourth-order valence-electron chi connectivity index (χ4n) is 4.73. The normalized spacial score (nSPS) is 15.3. The molecule has 9 heteroatoms. The maximum absolute atomic E-state index is 12.5. The van der Waals surface area contributed by atoms with E-state index >= 15 is 0 Å². The van der Waals surface area contributed by atoms with Crippen LogP contribution in [0.4, 0.5) is 8.78 Å². The van der Waals surface area contributed by atoms with Crippen LogP contribution >= 0.6 is 0 Å². The first-order valence-corrected chi connectivity index (χ1v) is 15.1. The van der Waals surface area contributed by atoms with Crippen LogP contribution in [0.15, 0.2) is 84.5 Å². The molecule has 2 heterocycles. The van der Waals surface area contributed by atoms with Crippen LogP contribution in [0.25, 0.3) is 0 Å². The molecular formula is C37H43F2NO6. The van der Waals surface area contributed by atoms with Crippen LogP contribution in [-0.4, -0.2) is 44.2 Å². The van der Waals surface area contributed by atoms with Crippen molar-refractivity contribution in [2.24, 2.45) is 0 Å². The lowest BCUT2D eigenvalue weighted by molar-refractivity contribution is 0.0928. The van der Waals surface area contributed by atoms with E-state index in [-0.39, 0.29) is 44.8 Å². The number of hydrogen-bond donors (Lipinski definition) is 1. The molecule has 1 atom stereocenters. The predicted octanol–water partition coefficient (Wildman–Crippen LogP) is 8.16. The highest BCUT2D eigenvalue weighted by atomic mass is 19.1. The highest BCUT2D eigenvalue weighted by Gasteiger charge is 2.21. The summed E-state index contributed by atoms with van der Waals surface area (Å²) in [6.45, 7) is 7.23. The minimum atomic E-state index is -0.0433. The molecule has 0 bridgehead atoms. The highest BCUT2D eigenvalue weighted by Crippen LogP contribution is 2.31. The van der Waals surface area contributed by atoms with Gasteiger partial charge in [0.15, 0.2) is 17.3 Å². The summed E-state index contributed by atoms with van der Waals surface area (Å²) in [4.78, 5) is 24.2. The Balaban J connectivity index is 0.000000257. The van der Waals surface area contributed by atoms with Gasteiger partial charge in [-0.1, -0.05) is 27.3 Å². The third-order valence-electron chi connectivity index (χ3n) is 7.44. The molecule has 0 aliphatic carbocycles. The molecule has 0 radical (unpaired) electrons. The number of ketones is 1. The summed E-state index contributed by atoms with van der Waals surface area (Å²) in [7, 11) is 0. The van der Waals surface area contributed by atoms with Crippen LogP contribution in [0, 0.1) is 0 Å². The zero-order valence-electron chi connectivity index (χ0n) is 25.9. The monoisotopic (exact) mass is 635 g/mol. The molecule has 5 rings (SSSR count). The molecule has 1 N–H and O–H groups in total. The second-order valence-electron chi connectivity index (χ2n) is 10.8. The number of benzene rings is 3. The number of carbonyl (C=O) groups excluding carboxylic acids is 2. The summed E-state index contributed by atoms with van der Waals surface area (Å²) in [5.41, 5.74) is 4.36.